The van der Waals surface area contributed by atoms with E-state index >= 15 is 0 Å². The summed E-state index contributed by atoms with van der Waals surface area (Å²) in [7, 11) is 0. The van der Waals surface area contributed by atoms with E-state index in [1.165, 1.54) is 0 Å². The van der Waals surface area contributed by atoms with Crippen LogP contribution in [-0.2, 0) is 4.79 Å². The van der Waals surface area contributed by atoms with Crippen LogP contribution in [0.3, 0.4) is 0 Å². The number of aliphatic hydroxyl groups is 1. The van der Waals surface area contributed by atoms with Gasteiger partial charge in [-0.15, -0.1) is 0 Å². The highest BCUT2D eigenvalue weighted by Crippen LogP contribution is 2.25. The Morgan fingerprint density at radius 2 is 1.50 bits per heavy atom. The maximum atomic E-state index is 12.7. The van der Waals surface area contributed by atoms with Crippen LogP contribution < -0.4 is 5.32 Å². The Labute approximate surface area is 132 Å². The van der Waals surface area contributed by atoms with Crippen LogP contribution in [0, 0.1) is 0 Å². The summed E-state index contributed by atoms with van der Waals surface area (Å²) in [5, 5.41) is 12.0. The Kier molecular flexibility index (Phi) is 6.16. The van der Waals surface area contributed by atoms with Crippen LogP contribution in [0.1, 0.15) is 36.8 Å². The fourth-order valence-electron chi connectivity index (χ4n) is 2.58. The summed E-state index contributed by atoms with van der Waals surface area (Å²) in [6, 6.07) is 19.7. The summed E-state index contributed by atoms with van der Waals surface area (Å²) < 4.78 is 0. The number of benzene rings is 2. The molecule has 0 aliphatic heterocycles. The maximum absolute atomic E-state index is 12.7. The first-order chi connectivity index (χ1) is 10.7. The number of hydrogen-bond donors (Lipinski definition) is 2. The van der Waals surface area contributed by atoms with Crippen molar-refractivity contribution in [3.05, 3.63) is 71.8 Å². The van der Waals surface area contributed by atoms with Crippen molar-refractivity contribution in [2.75, 3.05) is 6.61 Å². The van der Waals surface area contributed by atoms with Gasteiger partial charge in [-0.1, -0.05) is 60.7 Å². The van der Waals surface area contributed by atoms with Crippen LogP contribution in [0.4, 0.5) is 0 Å². The zero-order valence-electron chi connectivity index (χ0n) is 12.9. The fraction of sp³-hybridized carbons (Fsp3) is 0.316. The first-order valence-electron chi connectivity index (χ1n) is 7.73. The molecular weight excluding hydrogens is 274 g/mol. The summed E-state index contributed by atoms with van der Waals surface area (Å²) >= 11 is 0. The third kappa shape index (κ3) is 4.43. The molecule has 2 rings (SSSR count). The monoisotopic (exact) mass is 297 g/mol. The summed E-state index contributed by atoms with van der Waals surface area (Å²) in [6.07, 6.45) is 1.47. The fourth-order valence-corrected chi connectivity index (χ4v) is 2.58. The molecular formula is C19H23NO2. The lowest BCUT2D eigenvalue weighted by Gasteiger charge is -2.21. The van der Waals surface area contributed by atoms with E-state index < -0.39 is 0 Å². The second kappa shape index (κ2) is 8.35. The topological polar surface area (TPSA) is 49.3 Å². The van der Waals surface area contributed by atoms with Crippen LogP contribution >= 0.6 is 0 Å². The summed E-state index contributed by atoms with van der Waals surface area (Å²) in [6.45, 7) is 2.13. The minimum Gasteiger partial charge on any atom is -0.396 e. The van der Waals surface area contributed by atoms with Gasteiger partial charge in [-0.2, -0.15) is 0 Å². The third-order valence-corrected chi connectivity index (χ3v) is 3.71. The molecule has 0 aromatic heterocycles. The molecule has 0 aliphatic rings. The average Bonchev–Trinajstić information content (AvgIpc) is 2.55. The lowest BCUT2D eigenvalue weighted by atomic mass is 9.90. The molecule has 0 bridgehead atoms. The SMILES string of the molecule is CC(CCCO)NC(=O)C(c1ccccc1)c1ccccc1. The van der Waals surface area contributed by atoms with Crippen LogP contribution in [0.15, 0.2) is 60.7 Å². The van der Waals surface area contributed by atoms with Gasteiger partial charge in [-0.25, -0.2) is 0 Å². The van der Waals surface area contributed by atoms with E-state index in [4.69, 9.17) is 5.11 Å². The highest BCUT2D eigenvalue weighted by molar-refractivity contribution is 5.87. The lowest BCUT2D eigenvalue weighted by molar-refractivity contribution is -0.122. The summed E-state index contributed by atoms with van der Waals surface area (Å²) in [5.41, 5.74) is 1.97. The molecule has 2 aromatic rings. The third-order valence-electron chi connectivity index (χ3n) is 3.71. The van der Waals surface area contributed by atoms with Crippen molar-refractivity contribution in [1.29, 1.82) is 0 Å². The van der Waals surface area contributed by atoms with Gasteiger partial charge in [0.05, 0.1) is 5.92 Å². The molecule has 1 unspecified atom stereocenters. The number of hydrogen-bond acceptors (Lipinski definition) is 2. The van der Waals surface area contributed by atoms with Crippen LogP contribution in [-0.4, -0.2) is 23.7 Å². The van der Waals surface area contributed by atoms with Crippen LogP contribution in [0.2, 0.25) is 0 Å². The minimum atomic E-state index is -0.307. The first-order valence-corrected chi connectivity index (χ1v) is 7.73. The second-order valence-corrected chi connectivity index (χ2v) is 5.53. The highest BCUT2D eigenvalue weighted by Gasteiger charge is 2.23. The standard InChI is InChI=1S/C19H23NO2/c1-15(9-8-14-21)20-19(22)18(16-10-4-2-5-11-16)17-12-6-3-7-13-17/h2-7,10-13,15,18,21H,8-9,14H2,1H3,(H,20,22). The van der Waals surface area contributed by atoms with Gasteiger partial charge < -0.3 is 10.4 Å². The van der Waals surface area contributed by atoms with Gasteiger partial charge in [0, 0.05) is 12.6 Å². The van der Waals surface area contributed by atoms with Crippen molar-refractivity contribution in [1.82, 2.24) is 5.32 Å². The van der Waals surface area contributed by atoms with Gasteiger partial charge in [-0.3, -0.25) is 4.79 Å². The van der Waals surface area contributed by atoms with Gasteiger partial charge >= 0.3 is 0 Å². The number of nitrogens with one attached hydrogen (secondary N) is 1. The average molecular weight is 297 g/mol. The predicted molar refractivity (Wildman–Crippen MR) is 88.7 cm³/mol. The van der Waals surface area contributed by atoms with E-state index in [0.717, 1.165) is 17.5 Å². The molecule has 116 valence electrons. The molecule has 1 atom stereocenters. The van der Waals surface area contributed by atoms with Crippen molar-refractivity contribution < 1.29 is 9.90 Å². The van der Waals surface area contributed by atoms with Crippen molar-refractivity contribution >= 4 is 5.91 Å². The van der Waals surface area contributed by atoms with Gasteiger partial charge in [-0.05, 0) is 30.9 Å². The van der Waals surface area contributed by atoms with E-state index in [2.05, 4.69) is 5.32 Å². The van der Waals surface area contributed by atoms with E-state index in [-0.39, 0.29) is 24.5 Å². The van der Waals surface area contributed by atoms with Gasteiger partial charge in [0.1, 0.15) is 0 Å². The number of rotatable bonds is 7. The Hall–Kier alpha value is -2.13. The van der Waals surface area contributed by atoms with Crippen molar-refractivity contribution in [3.63, 3.8) is 0 Å². The molecule has 1 amide bonds. The quantitative estimate of drug-likeness (QED) is 0.825. The maximum Gasteiger partial charge on any atom is 0.232 e. The molecule has 0 spiro atoms. The number of aliphatic hydroxyl groups excluding tert-OH is 1. The van der Waals surface area contributed by atoms with Gasteiger partial charge in [0.15, 0.2) is 0 Å². The summed E-state index contributed by atoms with van der Waals surface area (Å²) in [5.74, 6) is -0.304. The number of amides is 1. The van der Waals surface area contributed by atoms with E-state index in [1.54, 1.807) is 0 Å². The van der Waals surface area contributed by atoms with Crippen LogP contribution in [0.5, 0.6) is 0 Å². The Morgan fingerprint density at radius 3 is 1.95 bits per heavy atom. The molecule has 2 N–H and O–H groups in total. The molecule has 0 heterocycles. The van der Waals surface area contributed by atoms with Gasteiger partial charge in [0.2, 0.25) is 5.91 Å². The molecule has 0 fully saturated rings. The molecule has 2 aromatic carbocycles. The highest BCUT2D eigenvalue weighted by atomic mass is 16.3. The molecule has 3 nitrogen and oxygen atoms in total. The molecule has 0 saturated heterocycles. The molecule has 0 aliphatic carbocycles. The number of carbonyl (C=O) groups excluding carboxylic acids is 1. The Balaban J connectivity index is 2.20. The Morgan fingerprint density at radius 1 is 1.00 bits per heavy atom. The van der Waals surface area contributed by atoms with Crippen LogP contribution in [0.25, 0.3) is 0 Å². The molecule has 3 heteroatoms. The molecule has 0 saturated carbocycles. The van der Waals surface area contributed by atoms with Crippen molar-refractivity contribution in [2.45, 2.75) is 31.7 Å². The van der Waals surface area contributed by atoms with Crippen molar-refractivity contribution in [2.24, 2.45) is 0 Å². The first kappa shape index (κ1) is 16.2. The van der Waals surface area contributed by atoms with Gasteiger partial charge in [0.25, 0.3) is 0 Å². The van der Waals surface area contributed by atoms with E-state index in [1.807, 2.05) is 67.6 Å². The van der Waals surface area contributed by atoms with E-state index in [9.17, 15) is 4.79 Å². The van der Waals surface area contributed by atoms with Crippen molar-refractivity contribution in [3.8, 4) is 0 Å². The smallest absolute Gasteiger partial charge is 0.232 e. The zero-order valence-corrected chi connectivity index (χ0v) is 12.9. The Bertz CT molecular complexity index is 529. The molecule has 0 radical (unpaired) electrons. The second-order valence-electron chi connectivity index (χ2n) is 5.53. The normalized spacial score (nSPS) is 12.1. The lowest BCUT2D eigenvalue weighted by Crippen LogP contribution is -2.36. The largest absolute Gasteiger partial charge is 0.396 e. The molecule has 22 heavy (non-hydrogen) atoms. The number of carbonyl (C=O) groups is 1. The van der Waals surface area contributed by atoms with E-state index in [0.29, 0.717) is 6.42 Å². The zero-order chi connectivity index (χ0) is 15.8. The predicted octanol–water partition coefficient (Wildman–Crippen LogP) is 3.10. The minimum absolute atomic E-state index is 0.00263. The summed E-state index contributed by atoms with van der Waals surface area (Å²) in [4.78, 5) is 12.7.